The lowest BCUT2D eigenvalue weighted by Gasteiger charge is -2.21. The molecule has 0 saturated carbocycles. The lowest BCUT2D eigenvalue weighted by Crippen LogP contribution is -2.36. The predicted octanol–water partition coefficient (Wildman–Crippen LogP) is 3.13. The Hall–Kier alpha value is -2.03. The molecule has 0 radical (unpaired) electrons. The molecule has 2 aromatic rings. The molecule has 0 fully saturated rings. The second kappa shape index (κ2) is 8.98. The van der Waals surface area contributed by atoms with Gasteiger partial charge in [0.05, 0.1) is 17.5 Å². The Labute approximate surface area is 167 Å². The van der Waals surface area contributed by atoms with Crippen molar-refractivity contribution in [3.63, 3.8) is 0 Å². The molecule has 0 aromatic carbocycles. The van der Waals surface area contributed by atoms with Gasteiger partial charge in [0.25, 0.3) is 5.91 Å². The van der Waals surface area contributed by atoms with Crippen LogP contribution in [-0.4, -0.2) is 53.4 Å². The van der Waals surface area contributed by atoms with Crippen molar-refractivity contribution in [1.82, 2.24) is 19.9 Å². The van der Waals surface area contributed by atoms with Crippen molar-refractivity contribution in [2.24, 2.45) is 5.41 Å². The van der Waals surface area contributed by atoms with Crippen LogP contribution in [0.15, 0.2) is 19.0 Å². The molecule has 2 N–H and O–H groups in total. The highest BCUT2D eigenvalue weighted by molar-refractivity contribution is 6.76. The fourth-order valence-corrected chi connectivity index (χ4v) is 3.20. The van der Waals surface area contributed by atoms with Crippen molar-refractivity contribution in [1.29, 1.82) is 0 Å². The van der Waals surface area contributed by atoms with Gasteiger partial charge in [-0.1, -0.05) is 40.1 Å². The van der Waals surface area contributed by atoms with E-state index < -0.39 is 13.5 Å². The van der Waals surface area contributed by atoms with E-state index >= 15 is 0 Å². The molecule has 154 valence electrons. The first-order chi connectivity index (χ1) is 13.1. The monoisotopic (exact) mass is 404 g/mol. The van der Waals surface area contributed by atoms with E-state index in [0.29, 0.717) is 42.3 Å². The number of aliphatic hydroxyl groups is 1. The maximum atomic E-state index is 12.8. The highest BCUT2D eigenvalue weighted by Crippen LogP contribution is 2.20. The molecule has 28 heavy (non-hydrogen) atoms. The number of aliphatic hydroxyl groups excluding tert-OH is 1. The largest absolute Gasteiger partial charge is 0.396 e. The summed E-state index contributed by atoms with van der Waals surface area (Å²) in [4.78, 5) is 21.7. The van der Waals surface area contributed by atoms with Gasteiger partial charge >= 0.3 is 0 Å². The number of hydrogen-bond donors (Lipinski definition) is 2. The summed E-state index contributed by atoms with van der Waals surface area (Å²) >= 11 is 0. The number of aromatic nitrogens is 3. The van der Waals surface area contributed by atoms with Crippen molar-refractivity contribution < 1.29 is 14.6 Å². The summed E-state index contributed by atoms with van der Waals surface area (Å²) in [5.74, 6) is -0.247. The standard InChI is InChI=1S/C20H32N4O3Si/c1-7-15-10-21-18-17(23-15)16(19(26)22-12-20(2,3)13-25)11-24(18)14-27-8-9-28(4,5)6/h7,10-11,25H,1,8-9,12-14H2,2-6H3,(H,22,26). The first-order valence-electron chi connectivity index (χ1n) is 9.51. The van der Waals surface area contributed by atoms with Gasteiger partial charge in [-0.25, -0.2) is 9.97 Å². The van der Waals surface area contributed by atoms with E-state index in [2.05, 4.69) is 41.5 Å². The Morgan fingerprint density at radius 2 is 2.14 bits per heavy atom. The Kier molecular flexibility index (Phi) is 7.14. The van der Waals surface area contributed by atoms with E-state index in [4.69, 9.17) is 4.74 Å². The van der Waals surface area contributed by atoms with Crippen LogP contribution in [0.2, 0.25) is 25.7 Å². The summed E-state index contributed by atoms with van der Waals surface area (Å²) < 4.78 is 7.64. The van der Waals surface area contributed by atoms with Crippen molar-refractivity contribution in [2.75, 3.05) is 19.8 Å². The molecule has 2 heterocycles. The fraction of sp³-hybridized carbons (Fsp3) is 0.550. The van der Waals surface area contributed by atoms with Crippen LogP contribution >= 0.6 is 0 Å². The van der Waals surface area contributed by atoms with Crippen molar-refractivity contribution in [3.8, 4) is 0 Å². The first kappa shape index (κ1) is 22.3. The zero-order valence-electron chi connectivity index (χ0n) is 17.6. The van der Waals surface area contributed by atoms with Crippen LogP contribution in [0.25, 0.3) is 17.2 Å². The van der Waals surface area contributed by atoms with E-state index in [1.807, 2.05) is 18.4 Å². The Bertz CT molecular complexity index is 840. The lowest BCUT2D eigenvalue weighted by molar-refractivity contribution is 0.0883. The van der Waals surface area contributed by atoms with E-state index in [0.717, 1.165) is 6.04 Å². The second-order valence-corrected chi connectivity index (χ2v) is 14.7. The second-order valence-electron chi connectivity index (χ2n) is 9.04. The van der Waals surface area contributed by atoms with Crippen LogP contribution in [0, 0.1) is 5.41 Å². The first-order valence-corrected chi connectivity index (χ1v) is 13.2. The van der Waals surface area contributed by atoms with Gasteiger partial charge in [-0.2, -0.15) is 0 Å². The number of carbonyl (C=O) groups is 1. The SMILES string of the molecule is C=Cc1cnc2c(n1)c(C(=O)NCC(C)(C)CO)cn2COCC[Si](C)(C)C. The molecular weight excluding hydrogens is 372 g/mol. The Balaban J connectivity index is 2.24. The molecule has 0 saturated heterocycles. The van der Waals surface area contributed by atoms with Crippen LogP contribution in [0.1, 0.15) is 29.9 Å². The molecule has 0 aliphatic heterocycles. The molecule has 8 heteroatoms. The third kappa shape index (κ3) is 5.98. The maximum absolute atomic E-state index is 12.8. The lowest BCUT2D eigenvalue weighted by atomic mass is 9.95. The molecule has 0 aliphatic rings. The molecule has 0 aliphatic carbocycles. The van der Waals surface area contributed by atoms with Crippen LogP contribution in [-0.2, 0) is 11.5 Å². The smallest absolute Gasteiger partial charge is 0.255 e. The summed E-state index contributed by atoms with van der Waals surface area (Å²) in [6, 6.07) is 1.07. The van der Waals surface area contributed by atoms with Gasteiger partial charge < -0.3 is 19.7 Å². The van der Waals surface area contributed by atoms with E-state index in [1.54, 1.807) is 18.5 Å². The number of ether oxygens (including phenoxy) is 1. The molecule has 7 nitrogen and oxygen atoms in total. The predicted molar refractivity (Wildman–Crippen MR) is 115 cm³/mol. The van der Waals surface area contributed by atoms with Gasteiger partial charge in [0.15, 0.2) is 5.65 Å². The van der Waals surface area contributed by atoms with Gasteiger partial charge in [-0.15, -0.1) is 0 Å². The Morgan fingerprint density at radius 3 is 2.75 bits per heavy atom. The third-order valence-electron chi connectivity index (χ3n) is 4.42. The van der Waals surface area contributed by atoms with Crippen LogP contribution < -0.4 is 5.32 Å². The topological polar surface area (TPSA) is 89.3 Å². The van der Waals surface area contributed by atoms with E-state index in [1.165, 1.54) is 0 Å². The summed E-state index contributed by atoms with van der Waals surface area (Å²) in [7, 11) is -1.16. The average Bonchev–Trinajstić information content (AvgIpc) is 3.00. The number of nitrogens with zero attached hydrogens (tertiary/aromatic N) is 3. The number of amides is 1. The number of carbonyl (C=O) groups excluding carboxylic acids is 1. The molecule has 0 unspecified atom stereocenters. The number of fused-ring (bicyclic) bond motifs is 1. The van der Waals surface area contributed by atoms with E-state index in [9.17, 15) is 9.90 Å². The quantitative estimate of drug-likeness (QED) is 0.469. The zero-order valence-corrected chi connectivity index (χ0v) is 18.6. The minimum absolute atomic E-state index is 0.0135. The molecule has 2 aromatic heterocycles. The number of nitrogens with one attached hydrogen (secondary N) is 1. The average molecular weight is 405 g/mol. The van der Waals surface area contributed by atoms with Crippen molar-refractivity contribution in [2.45, 2.75) is 46.3 Å². The van der Waals surface area contributed by atoms with Crippen LogP contribution in [0.4, 0.5) is 0 Å². The molecule has 0 spiro atoms. The Morgan fingerprint density at radius 1 is 1.43 bits per heavy atom. The number of rotatable bonds is 10. The van der Waals surface area contributed by atoms with Crippen molar-refractivity contribution in [3.05, 3.63) is 30.2 Å². The highest BCUT2D eigenvalue weighted by atomic mass is 28.3. The van der Waals surface area contributed by atoms with Crippen LogP contribution in [0.5, 0.6) is 0 Å². The van der Waals surface area contributed by atoms with Crippen LogP contribution in [0.3, 0.4) is 0 Å². The van der Waals surface area contributed by atoms with Gasteiger partial charge in [0, 0.05) is 39.4 Å². The summed E-state index contributed by atoms with van der Waals surface area (Å²) in [5.41, 5.74) is 1.77. The van der Waals surface area contributed by atoms with E-state index in [-0.39, 0.29) is 12.5 Å². The van der Waals surface area contributed by atoms with Gasteiger partial charge in [0.2, 0.25) is 0 Å². The van der Waals surface area contributed by atoms with Crippen molar-refractivity contribution >= 4 is 31.2 Å². The zero-order chi connectivity index (χ0) is 20.9. The fourth-order valence-electron chi connectivity index (χ4n) is 2.44. The molecule has 1 amide bonds. The third-order valence-corrected chi connectivity index (χ3v) is 6.12. The number of hydrogen-bond acceptors (Lipinski definition) is 5. The molecule has 0 bridgehead atoms. The normalized spacial score (nSPS) is 12.4. The molecular formula is C20H32N4O3Si. The highest BCUT2D eigenvalue weighted by Gasteiger charge is 2.22. The maximum Gasteiger partial charge on any atom is 0.255 e. The molecule has 2 rings (SSSR count). The summed E-state index contributed by atoms with van der Waals surface area (Å²) in [6.45, 7) is 15.8. The summed E-state index contributed by atoms with van der Waals surface area (Å²) in [6.07, 6.45) is 4.96. The minimum atomic E-state index is -1.16. The van der Waals surface area contributed by atoms with Gasteiger partial charge in [0.1, 0.15) is 12.2 Å². The summed E-state index contributed by atoms with van der Waals surface area (Å²) in [5, 5.41) is 12.3. The minimum Gasteiger partial charge on any atom is -0.396 e. The molecule has 0 atom stereocenters. The van der Waals surface area contributed by atoms with Gasteiger partial charge in [-0.3, -0.25) is 4.79 Å². The van der Waals surface area contributed by atoms with Gasteiger partial charge in [-0.05, 0) is 12.1 Å².